The molecule has 1 aromatic carbocycles. The summed E-state index contributed by atoms with van der Waals surface area (Å²) in [7, 11) is 1.92. The van der Waals surface area contributed by atoms with Crippen molar-refractivity contribution in [2.24, 2.45) is 0 Å². The molecule has 0 aliphatic heterocycles. The van der Waals surface area contributed by atoms with E-state index in [0.717, 1.165) is 27.3 Å². The van der Waals surface area contributed by atoms with Crippen molar-refractivity contribution in [1.82, 2.24) is 5.32 Å². The normalized spacial score (nSPS) is 12.4. The van der Waals surface area contributed by atoms with Gasteiger partial charge in [-0.15, -0.1) is 0 Å². The summed E-state index contributed by atoms with van der Waals surface area (Å²) in [5.41, 5.74) is 1.06. The first-order valence-electron chi connectivity index (χ1n) is 6.31. The van der Waals surface area contributed by atoms with Crippen molar-refractivity contribution < 1.29 is 9.15 Å². The van der Waals surface area contributed by atoms with E-state index in [2.05, 4.69) is 27.3 Å². The summed E-state index contributed by atoms with van der Waals surface area (Å²) in [4.78, 5) is 0. The van der Waals surface area contributed by atoms with Crippen LogP contribution in [0.15, 0.2) is 39.2 Å². The second-order valence-electron chi connectivity index (χ2n) is 4.29. The third-order valence-corrected chi connectivity index (χ3v) is 3.41. The Bertz CT molecular complexity index is 551. The Morgan fingerprint density at radius 1 is 1.32 bits per heavy atom. The molecule has 3 nitrogen and oxygen atoms in total. The van der Waals surface area contributed by atoms with Gasteiger partial charge in [-0.25, -0.2) is 0 Å². The Balaban J connectivity index is 2.44. The van der Waals surface area contributed by atoms with Gasteiger partial charge in [-0.2, -0.15) is 0 Å². The van der Waals surface area contributed by atoms with E-state index in [9.17, 15) is 0 Å². The lowest BCUT2D eigenvalue weighted by Gasteiger charge is -2.18. The minimum Gasteiger partial charge on any atom is -0.494 e. The molecule has 1 heterocycles. The van der Waals surface area contributed by atoms with Crippen LogP contribution in [0.3, 0.4) is 0 Å². The quantitative estimate of drug-likeness (QED) is 0.901. The highest BCUT2D eigenvalue weighted by Gasteiger charge is 2.20. The molecule has 1 aromatic heterocycles. The Hall–Kier alpha value is -1.26. The van der Waals surface area contributed by atoms with Gasteiger partial charge in [0.2, 0.25) is 0 Å². The van der Waals surface area contributed by atoms with E-state index in [-0.39, 0.29) is 6.04 Å². The highest BCUT2D eigenvalue weighted by molar-refractivity contribution is 9.10. The topological polar surface area (TPSA) is 34.4 Å². The van der Waals surface area contributed by atoms with Crippen LogP contribution in [-0.2, 0) is 0 Å². The maximum absolute atomic E-state index is 5.73. The van der Waals surface area contributed by atoms with Crippen molar-refractivity contribution in [3.05, 3.63) is 51.9 Å². The summed E-state index contributed by atoms with van der Waals surface area (Å²) in [6.07, 6.45) is 0. The summed E-state index contributed by atoms with van der Waals surface area (Å²) in [6.45, 7) is 4.57. The highest BCUT2D eigenvalue weighted by atomic mass is 79.9. The summed E-state index contributed by atoms with van der Waals surface area (Å²) >= 11 is 3.51. The molecule has 1 atom stereocenters. The fourth-order valence-electron chi connectivity index (χ4n) is 2.09. The molecule has 0 radical (unpaired) electrons. The largest absolute Gasteiger partial charge is 0.494 e. The third kappa shape index (κ3) is 3.19. The van der Waals surface area contributed by atoms with E-state index in [1.165, 1.54) is 0 Å². The molecule has 0 aliphatic rings. The van der Waals surface area contributed by atoms with Crippen molar-refractivity contribution in [3.63, 3.8) is 0 Å². The van der Waals surface area contributed by atoms with Crippen molar-refractivity contribution in [3.8, 4) is 5.75 Å². The van der Waals surface area contributed by atoms with Crippen LogP contribution in [0.5, 0.6) is 5.75 Å². The van der Waals surface area contributed by atoms with E-state index in [1.807, 2.05) is 45.2 Å². The molecule has 0 aliphatic carbocycles. The van der Waals surface area contributed by atoms with Crippen molar-refractivity contribution in [2.45, 2.75) is 19.9 Å². The van der Waals surface area contributed by atoms with Crippen LogP contribution in [0.4, 0.5) is 0 Å². The molecule has 19 heavy (non-hydrogen) atoms. The minimum absolute atomic E-state index is 0.0206. The first-order chi connectivity index (χ1) is 9.15. The lowest BCUT2D eigenvalue weighted by atomic mass is 10.0. The second-order valence-corrected chi connectivity index (χ2v) is 5.20. The first kappa shape index (κ1) is 14.2. The van der Waals surface area contributed by atoms with Gasteiger partial charge < -0.3 is 14.5 Å². The lowest BCUT2D eigenvalue weighted by molar-refractivity contribution is 0.331. The van der Waals surface area contributed by atoms with Crippen molar-refractivity contribution in [1.29, 1.82) is 0 Å². The number of aryl methyl sites for hydroxylation is 1. The molecule has 0 saturated carbocycles. The molecule has 0 bridgehead atoms. The SMILES string of the molecule is CCOc1ccc(Br)cc1C(NC)c1ccc(C)o1. The van der Waals surface area contributed by atoms with Crippen LogP contribution in [0, 0.1) is 6.92 Å². The standard InChI is InChI=1S/C15H18BrNO2/c1-4-18-13-8-6-11(16)9-12(13)15(17-3)14-7-5-10(2)19-14/h5-9,15,17H,4H2,1-3H3. The van der Waals surface area contributed by atoms with Gasteiger partial charge in [-0.1, -0.05) is 15.9 Å². The zero-order chi connectivity index (χ0) is 13.8. The molecule has 2 rings (SSSR count). The molecular weight excluding hydrogens is 306 g/mol. The number of nitrogens with one attached hydrogen (secondary N) is 1. The number of halogens is 1. The van der Waals surface area contributed by atoms with E-state index in [4.69, 9.17) is 9.15 Å². The molecule has 0 fully saturated rings. The van der Waals surface area contributed by atoms with Gasteiger partial charge >= 0.3 is 0 Å². The monoisotopic (exact) mass is 323 g/mol. The fraction of sp³-hybridized carbons (Fsp3) is 0.333. The molecule has 0 saturated heterocycles. The maximum atomic E-state index is 5.73. The predicted molar refractivity (Wildman–Crippen MR) is 79.7 cm³/mol. The number of furan rings is 1. The van der Waals surface area contributed by atoms with Gasteiger partial charge in [-0.3, -0.25) is 0 Å². The number of hydrogen-bond acceptors (Lipinski definition) is 3. The Labute approximate surface area is 122 Å². The predicted octanol–water partition coefficient (Wildman–Crippen LogP) is 4.06. The van der Waals surface area contributed by atoms with Gasteiger partial charge in [0.1, 0.15) is 17.3 Å². The highest BCUT2D eigenvalue weighted by Crippen LogP contribution is 2.33. The molecule has 0 amide bonds. The molecule has 2 aromatic rings. The molecule has 1 unspecified atom stereocenters. The van der Waals surface area contributed by atoms with Crippen molar-refractivity contribution in [2.75, 3.05) is 13.7 Å². The van der Waals surface area contributed by atoms with Gasteiger partial charge in [0.15, 0.2) is 0 Å². The average molecular weight is 324 g/mol. The van der Waals surface area contributed by atoms with Gasteiger partial charge in [-0.05, 0) is 51.2 Å². The van der Waals surface area contributed by atoms with Crippen LogP contribution < -0.4 is 10.1 Å². The summed E-state index contributed by atoms with van der Waals surface area (Å²) in [5.74, 6) is 2.67. The minimum atomic E-state index is -0.0206. The molecular formula is C15H18BrNO2. The van der Waals surface area contributed by atoms with Crippen LogP contribution in [0.25, 0.3) is 0 Å². The second kappa shape index (κ2) is 6.26. The summed E-state index contributed by atoms with van der Waals surface area (Å²) in [5, 5.41) is 3.28. The smallest absolute Gasteiger partial charge is 0.125 e. The van der Waals surface area contributed by atoms with E-state index in [1.54, 1.807) is 0 Å². The number of ether oxygens (including phenoxy) is 1. The van der Waals surface area contributed by atoms with E-state index in [0.29, 0.717) is 6.61 Å². The zero-order valence-electron chi connectivity index (χ0n) is 11.4. The summed E-state index contributed by atoms with van der Waals surface area (Å²) in [6, 6.07) is 9.96. The fourth-order valence-corrected chi connectivity index (χ4v) is 2.47. The van der Waals surface area contributed by atoms with Gasteiger partial charge in [0.25, 0.3) is 0 Å². The lowest BCUT2D eigenvalue weighted by Crippen LogP contribution is -2.18. The maximum Gasteiger partial charge on any atom is 0.125 e. The van der Waals surface area contributed by atoms with Gasteiger partial charge in [0.05, 0.1) is 12.6 Å². The van der Waals surface area contributed by atoms with Crippen LogP contribution in [0.1, 0.15) is 30.0 Å². The Morgan fingerprint density at radius 3 is 2.68 bits per heavy atom. The number of rotatable bonds is 5. The van der Waals surface area contributed by atoms with E-state index < -0.39 is 0 Å². The molecule has 1 N–H and O–H groups in total. The zero-order valence-corrected chi connectivity index (χ0v) is 13.0. The first-order valence-corrected chi connectivity index (χ1v) is 7.10. The number of hydrogen-bond donors (Lipinski definition) is 1. The molecule has 4 heteroatoms. The van der Waals surface area contributed by atoms with Gasteiger partial charge in [0, 0.05) is 10.0 Å². The third-order valence-electron chi connectivity index (χ3n) is 2.92. The van der Waals surface area contributed by atoms with E-state index >= 15 is 0 Å². The average Bonchev–Trinajstić information content (AvgIpc) is 2.80. The van der Waals surface area contributed by atoms with Crippen molar-refractivity contribution >= 4 is 15.9 Å². The van der Waals surface area contributed by atoms with Crippen LogP contribution >= 0.6 is 15.9 Å². The molecule has 102 valence electrons. The summed E-state index contributed by atoms with van der Waals surface area (Å²) < 4.78 is 12.5. The van der Waals surface area contributed by atoms with Crippen LogP contribution in [0.2, 0.25) is 0 Å². The Morgan fingerprint density at radius 2 is 2.11 bits per heavy atom. The molecule has 0 spiro atoms. The van der Waals surface area contributed by atoms with Crippen LogP contribution in [-0.4, -0.2) is 13.7 Å². The Kier molecular flexibility index (Phi) is 4.66. The number of benzene rings is 1.